The molecular weight excluding hydrogens is 372 g/mol. The molecule has 1 aromatic rings. The summed E-state index contributed by atoms with van der Waals surface area (Å²) < 4.78 is 6.52. The van der Waals surface area contributed by atoms with Crippen LogP contribution in [0.15, 0.2) is 28.7 Å². The Kier molecular flexibility index (Phi) is 5.89. The summed E-state index contributed by atoms with van der Waals surface area (Å²) in [4.78, 5) is 26.1. The van der Waals surface area contributed by atoms with Crippen LogP contribution in [0.4, 0.5) is 5.69 Å². The summed E-state index contributed by atoms with van der Waals surface area (Å²) in [7, 11) is 0. The number of halogens is 1. The summed E-state index contributed by atoms with van der Waals surface area (Å²) in [6.45, 7) is 2.59. The van der Waals surface area contributed by atoms with Crippen molar-refractivity contribution in [2.45, 2.75) is 25.7 Å². The molecule has 1 aliphatic heterocycles. The van der Waals surface area contributed by atoms with Gasteiger partial charge in [0, 0.05) is 42.9 Å². The van der Waals surface area contributed by atoms with Crippen molar-refractivity contribution in [3.63, 3.8) is 0 Å². The topological polar surface area (TPSA) is 58.6 Å². The summed E-state index contributed by atoms with van der Waals surface area (Å²) in [5, 5.41) is 2.92. The normalized spacial score (nSPS) is 20.5. The first kappa shape index (κ1) is 17.4. The maximum Gasteiger partial charge on any atom is 0.227 e. The van der Waals surface area contributed by atoms with Gasteiger partial charge in [0.2, 0.25) is 11.8 Å². The molecule has 1 atom stereocenters. The van der Waals surface area contributed by atoms with Crippen LogP contribution in [-0.4, -0.2) is 38.1 Å². The molecule has 3 rings (SSSR count). The van der Waals surface area contributed by atoms with Crippen LogP contribution in [0.25, 0.3) is 0 Å². The Bertz CT molecular complexity index is 586. The number of anilines is 1. The SMILES string of the molecule is O=C(NCCCOCC1CC1)C1CC(=O)N(c2ccc(Br)cc2)C1. The smallest absolute Gasteiger partial charge is 0.227 e. The van der Waals surface area contributed by atoms with E-state index in [9.17, 15) is 9.59 Å². The first-order chi connectivity index (χ1) is 11.6. The van der Waals surface area contributed by atoms with E-state index < -0.39 is 0 Å². The van der Waals surface area contributed by atoms with E-state index in [4.69, 9.17) is 4.74 Å². The zero-order chi connectivity index (χ0) is 16.9. The first-order valence-corrected chi connectivity index (χ1v) is 9.34. The number of amides is 2. The highest BCUT2D eigenvalue weighted by atomic mass is 79.9. The monoisotopic (exact) mass is 394 g/mol. The van der Waals surface area contributed by atoms with E-state index in [0.717, 1.165) is 29.1 Å². The second kappa shape index (κ2) is 8.12. The minimum absolute atomic E-state index is 0.00485. The molecule has 1 aromatic carbocycles. The largest absolute Gasteiger partial charge is 0.381 e. The summed E-state index contributed by atoms with van der Waals surface area (Å²) >= 11 is 3.38. The van der Waals surface area contributed by atoms with Gasteiger partial charge in [-0.1, -0.05) is 15.9 Å². The first-order valence-electron chi connectivity index (χ1n) is 8.55. The lowest BCUT2D eigenvalue weighted by Crippen LogP contribution is -2.33. The minimum atomic E-state index is -0.270. The number of hydrogen-bond donors (Lipinski definition) is 1. The van der Waals surface area contributed by atoms with E-state index in [-0.39, 0.29) is 24.2 Å². The molecular formula is C18H23BrN2O3. The van der Waals surface area contributed by atoms with Gasteiger partial charge in [0.1, 0.15) is 0 Å². The molecule has 2 amide bonds. The Morgan fingerprint density at radius 1 is 1.29 bits per heavy atom. The van der Waals surface area contributed by atoms with Crippen LogP contribution >= 0.6 is 15.9 Å². The molecule has 1 N–H and O–H groups in total. The third kappa shape index (κ3) is 4.80. The van der Waals surface area contributed by atoms with Crippen molar-refractivity contribution in [2.24, 2.45) is 11.8 Å². The molecule has 5 nitrogen and oxygen atoms in total. The average molecular weight is 395 g/mol. The predicted octanol–water partition coefficient (Wildman–Crippen LogP) is 2.73. The Labute approximate surface area is 150 Å². The number of ether oxygens (including phenoxy) is 1. The van der Waals surface area contributed by atoms with Gasteiger partial charge in [0.25, 0.3) is 0 Å². The van der Waals surface area contributed by atoms with Crippen molar-refractivity contribution >= 4 is 33.4 Å². The molecule has 6 heteroatoms. The van der Waals surface area contributed by atoms with Gasteiger partial charge in [-0.15, -0.1) is 0 Å². The van der Waals surface area contributed by atoms with Crippen LogP contribution in [0, 0.1) is 11.8 Å². The van der Waals surface area contributed by atoms with Gasteiger partial charge >= 0.3 is 0 Å². The molecule has 130 valence electrons. The number of rotatable bonds is 8. The molecule has 2 fully saturated rings. The van der Waals surface area contributed by atoms with Gasteiger partial charge < -0.3 is 15.0 Å². The second-order valence-corrected chi connectivity index (χ2v) is 7.46. The Balaban J connectivity index is 1.39. The number of carbonyl (C=O) groups is 2. The zero-order valence-electron chi connectivity index (χ0n) is 13.7. The standard InChI is InChI=1S/C18H23BrN2O3/c19-15-4-6-16(7-5-15)21-11-14(10-17(21)22)18(23)20-8-1-9-24-12-13-2-3-13/h4-7,13-14H,1-3,8-12H2,(H,20,23). The lowest BCUT2D eigenvalue weighted by molar-refractivity contribution is -0.126. The Morgan fingerprint density at radius 2 is 2.04 bits per heavy atom. The lowest BCUT2D eigenvalue weighted by atomic mass is 10.1. The molecule has 0 spiro atoms. The minimum Gasteiger partial charge on any atom is -0.381 e. The van der Waals surface area contributed by atoms with Gasteiger partial charge in [-0.25, -0.2) is 0 Å². The Hall–Kier alpha value is -1.40. The van der Waals surface area contributed by atoms with Gasteiger partial charge in [-0.3, -0.25) is 9.59 Å². The molecule has 0 bridgehead atoms. The lowest BCUT2D eigenvalue weighted by Gasteiger charge is -2.16. The van der Waals surface area contributed by atoms with E-state index >= 15 is 0 Å². The summed E-state index contributed by atoms with van der Waals surface area (Å²) in [5.41, 5.74) is 0.840. The average Bonchev–Trinajstić information content (AvgIpc) is 3.32. The van der Waals surface area contributed by atoms with Crippen LogP contribution in [0.2, 0.25) is 0 Å². The van der Waals surface area contributed by atoms with Crippen molar-refractivity contribution in [1.82, 2.24) is 5.32 Å². The molecule has 0 radical (unpaired) electrons. The predicted molar refractivity (Wildman–Crippen MR) is 95.8 cm³/mol. The van der Waals surface area contributed by atoms with Gasteiger partial charge in [-0.2, -0.15) is 0 Å². The number of nitrogens with zero attached hydrogens (tertiary/aromatic N) is 1. The third-order valence-corrected chi connectivity index (χ3v) is 4.98. The second-order valence-electron chi connectivity index (χ2n) is 6.54. The van der Waals surface area contributed by atoms with Crippen LogP contribution in [-0.2, 0) is 14.3 Å². The van der Waals surface area contributed by atoms with Gasteiger partial charge in [0.05, 0.1) is 5.92 Å². The highest BCUT2D eigenvalue weighted by molar-refractivity contribution is 9.10. The fourth-order valence-electron chi connectivity index (χ4n) is 2.82. The quantitative estimate of drug-likeness (QED) is 0.689. The van der Waals surface area contributed by atoms with E-state index in [1.165, 1.54) is 12.8 Å². The van der Waals surface area contributed by atoms with E-state index in [0.29, 0.717) is 19.7 Å². The number of nitrogens with one attached hydrogen (secondary N) is 1. The van der Waals surface area contributed by atoms with E-state index in [2.05, 4.69) is 21.2 Å². The molecule has 1 unspecified atom stereocenters. The van der Waals surface area contributed by atoms with Crippen LogP contribution in [0.5, 0.6) is 0 Å². The highest BCUT2D eigenvalue weighted by Gasteiger charge is 2.34. The van der Waals surface area contributed by atoms with Gasteiger partial charge in [0.15, 0.2) is 0 Å². The molecule has 1 heterocycles. The van der Waals surface area contributed by atoms with Crippen molar-refractivity contribution in [3.8, 4) is 0 Å². The Morgan fingerprint density at radius 3 is 2.75 bits per heavy atom. The molecule has 0 aromatic heterocycles. The molecule has 2 aliphatic rings. The van der Waals surface area contributed by atoms with Crippen LogP contribution in [0.1, 0.15) is 25.7 Å². The number of benzene rings is 1. The van der Waals surface area contributed by atoms with E-state index in [1.54, 1.807) is 4.90 Å². The van der Waals surface area contributed by atoms with Crippen LogP contribution in [0.3, 0.4) is 0 Å². The summed E-state index contributed by atoms with van der Waals surface area (Å²) in [6, 6.07) is 7.58. The van der Waals surface area contributed by atoms with Crippen LogP contribution < -0.4 is 10.2 Å². The summed E-state index contributed by atoms with van der Waals surface area (Å²) in [5.74, 6) is 0.470. The maximum atomic E-state index is 12.2. The maximum absolute atomic E-state index is 12.2. The van der Waals surface area contributed by atoms with E-state index in [1.807, 2.05) is 24.3 Å². The fourth-order valence-corrected chi connectivity index (χ4v) is 3.08. The third-order valence-electron chi connectivity index (χ3n) is 4.45. The van der Waals surface area contributed by atoms with Crippen molar-refractivity contribution < 1.29 is 14.3 Å². The summed E-state index contributed by atoms with van der Waals surface area (Å²) in [6.07, 6.45) is 3.68. The van der Waals surface area contributed by atoms with Crippen molar-refractivity contribution in [2.75, 3.05) is 31.2 Å². The number of hydrogen-bond acceptors (Lipinski definition) is 3. The fraction of sp³-hybridized carbons (Fsp3) is 0.556. The number of carbonyl (C=O) groups excluding carboxylic acids is 2. The molecule has 24 heavy (non-hydrogen) atoms. The molecule has 1 saturated carbocycles. The van der Waals surface area contributed by atoms with Gasteiger partial charge in [-0.05, 0) is 49.4 Å². The molecule has 1 aliphatic carbocycles. The molecule has 1 saturated heterocycles. The van der Waals surface area contributed by atoms with Crippen molar-refractivity contribution in [1.29, 1.82) is 0 Å². The zero-order valence-corrected chi connectivity index (χ0v) is 15.3. The van der Waals surface area contributed by atoms with Crippen molar-refractivity contribution in [3.05, 3.63) is 28.7 Å². The highest BCUT2D eigenvalue weighted by Crippen LogP contribution is 2.29.